The molecular formula is C16H27N3O2S. The van der Waals surface area contributed by atoms with E-state index in [4.69, 9.17) is 0 Å². The molecule has 1 heterocycles. The van der Waals surface area contributed by atoms with Gasteiger partial charge in [-0.25, -0.2) is 13.1 Å². The third-order valence-corrected chi connectivity index (χ3v) is 5.95. The number of nitrogens with zero attached hydrogens (tertiary/aromatic N) is 2. The van der Waals surface area contributed by atoms with Crippen LogP contribution in [0, 0.1) is 20.8 Å². The lowest BCUT2D eigenvalue weighted by molar-refractivity contribution is 0.156. The number of nitrogens with one attached hydrogen (secondary N) is 1. The van der Waals surface area contributed by atoms with Crippen LogP contribution in [0.25, 0.3) is 0 Å². The molecule has 1 fully saturated rings. The van der Waals surface area contributed by atoms with Crippen LogP contribution in [0.15, 0.2) is 17.0 Å². The van der Waals surface area contributed by atoms with Crippen LogP contribution in [0.4, 0.5) is 0 Å². The van der Waals surface area contributed by atoms with E-state index in [1.165, 1.54) is 0 Å². The summed E-state index contributed by atoms with van der Waals surface area (Å²) in [5, 5.41) is 0. The van der Waals surface area contributed by atoms with Crippen LogP contribution in [0.3, 0.4) is 0 Å². The molecule has 1 aliphatic rings. The van der Waals surface area contributed by atoms with Crippen LogP contribution >= 0.6 is 0 Å². The fourth-order valence-electron chi connectivity index (χ4n) is 3.07. The van der Waals surface area contributed by atoms with Crippen LogP contribution in [0.1, 0.15) is 16.7 Å². The summed E-state index contributed by atoms with van der Waals surface area (Å²) in [7, 11) is -1.32. The van der Waals surface area contributed by atoms with Crippen molar-refractivity contribution < 1.29 is 8.42 Å². The van der Waals surface area contributed by atoms with Gasteiger partial charge in [-0.3, -0.25) is 4.90 Å². The van der Waals surface area contributed by atoms with Crippen LogP contribution in [0.2, 0.25) is 0 Å². The Bertz CT molecular complexity index is 597. The first-order valence-electron chi connectivity index (χ1n) is 7.78. The molecule has 1 saturated heterocycles. The summed E-state index contributed by atoms with van der Waals surface area (Å²) in [5.74, 6) is 0. The number of hydrogen-bond acceptors (Lipinski definition) is 4. The quantitative estimate of drug-likeness (QED) is 0.882. The molecule has 0 unspecified atom stereocenters. The van der Waals surface area contributed by atoms with Gasteiger partial charge in [-0.05, 0) is 38.9 Å². The SMILES string of the molecule is Cc1cc(C)c(S(=O)(=O)NCCN2CCN(C)CC2)c(C)c1. The van der Waals surface area contributed by atoms with E-state index in [-0.39, 0.29) is 0 Å². The lowest BCUT2D eigenvalue weighted by Gasteiger charge is -2.32. The molecule has 124 valence electrons. The standard InChI is InChI=1S/C16H27N3O2S/c1-13-11-14(2)16(15(3)12-13)22(20,21)17-5-6-19-9-7-18(4)8-10-19/h11-12,17H,5-10H2,1-4H3. The number of benzene rings is 1. The van der Waals surface area contributed by atoms with Gasteiger partial charge in [-0.2, -0.15) is 0 Å². The van der Waals surface area contributed by atoms with Crippen molar-refractivity contribution in [3.05, 3.63) is 28.8 Å². The molecule has 6 heteroatoms. The van der Waals surface area contributed by atoms with E-state index in [2.05, 4.69) is 21.6 Å². The van der Waals surface area contributed by atoms with Crippen LogP contribution in [-0.4, -0.2) is 64.5 Å². The van der Waals surface area contributed by atoms with E-state index in [1.54, 1.807) is 0 Å². The number of hydrogen-bond donors (Lipinski definition) is 1. The molecule has 1 aromatic rings. The van der Waals surface area contributed by atoms with Crippen molar-refractivity contribution in [3.8, 4) is 0 Å². The highest BCUT2D eigenvalue weighted by Gasteiger charge is 2.20. The minimum absolute atomic E-state index is 0.427. The Balaban J connectivity index is 1.97. The molecule has 0 aliphatic carbocycles. The van der Waals surface area contributed by atoms with Crippen molar-refractivity contribution in [1.29, 1.82) is 0 Å². The zero-order chi connectivity index (χ0) is 16.3. The molecule has 1 aromatic carbocycles. The van der Waals surface area contributed by atoms with E-state index >= 15 is 0 Å². The lowest BCUT2D eigenvalue weighted by atomic mass is 10.1. The number of piperazine rings is 1. The molecule has 5 nitrogen and oxygen atoms in total. The number of rotatable bonds is 5. The zero-order valence-electron chi connectivity index (χ0n) is 14.0. The number of likely N-dealkylation sites (N-methyl/N-ethyl adjacent to an activating group) is 1. The van der Waals surface area contributed by atoms with E-state index in [9.17, 15) is 8.42 Å². The molecule has 0 spiro atoms. The molecule has 1 aliphatic heterocycles. The fraction of sp³-hybridized carbons (Fsp3) is 0.625. The van der Waals surface area contributed by atoms with Gasteiger partial charge in [0, 0.05) is 39.3 Å². The summed E-state index contributed by atoms with van der Waals surface area (Å²) in [6.45, 7) is 11.0. The molecular weight excluding hydrogens is 298 g/mol. The number of aryl methyl sites for hydroxylation is 3. The molecule has 22 heavy (non-hydrogen) atoms. The third-order valence-electron chi connectivity index (χ3n) is 4.19. The van der Waals surface area contributed by atoms with E-state index in [0.717, 1.165) is 49.4 Å². The van der Waals surface area contributed by atoms with Crippen molar-refractivity contribution in [2.45, 2.75) is 25.7 Å². The Morgan fingerprint density at radius 1 is 1.05 bits per heavy atom. The molecule has 2 rings (SSSR count). The average molecular weight is 325 g/mol. The smallest absolute Gasteiger partial charge is 0.241 e. The number of sulfonamides is 1. The van der Waals surface area contributed by atoms with E-state index in [0.29, 0.717) is 11.4 Å². The van der Waals surface area contributed by atoms with Gasteiger partial charge in [-0.1, -0.05) is 17.7 Å². The topological polar surface area (TPSA) is 52.7 Å². The molecule has 0 saturated carbocycles. The Labute approximate surface area is 134 Å². The van der Waals surface area contributed by atoms with Gasteiger partial charge >= 0.3 is 0 Å². The largest absolute Gasteiger partial charge is 0.304 e. The zero-order valence-corrected chi connectivity index (χ0v) is 14.8. The summed E-state index contributed by atoms with van der Waals surface area (Å²) >= 11 is 0. The lowest BCUT2D eigenvalue weighted by Crippen LogP contribution is -2.46. The van der Waals surface area contributed by atoms with Gasteiger partial charge in [0.25, 0.3) is 0 Å². The molecule has 0 aromatic heterocycles. The fourth-order valence-corrected chi connectivity index (χ4v) is 4.54. The first-order valence-corrected chi connectivity index (χ1v) is 9.26. The summed E-state index contributed by atoms with van der Waals surface area (Å²) in [6, 6.07) is 3.84. The average Bonchev–Trinajstić information content (AvgIpc) is 2.39. The second-order valence-electron chi connectivity index (χ2n) is 6.27. The van der Waals surface area contributed by atoms with E-state index in [1.807, 2.05) is 32.9 Å². The van der Waals surface area contributed by atoms with Crippen molar-refractivity contribution in [2.24, 2.45) is 0 Å². The maximum absolute atomic E-state index is 12.5. The Kier molecular flexibility index (Phi) is 5.60. The van der Waals surface area contributed by atoms with Crippen LogP contribution in [-0.2, 0) is 10.0 Å². The van der Waals surface area contributed by atoms with E-state index < -0.39 is 10.0 Å². The maximum atomic E-state index is 12.5. The Morgan fingerprint density at radius 2 is 1.59 bits per heavy atom. The summed E-state index contributed by atoms with van der Waals surface area (Å²) in [6.07, 6.45) is 0. The first kappa shape index (κ1) is 17.4. The Morgan fingerprint density at radius 3 is 2.14 bits per heavy atom. The van der Waals surface area contributed by atoms with Gasteiger partial charge in [0.15, 0.2) is 0 Å². The maximum Gasteiger partial charge on any atom is 0.241 e. The minimum Gasteiger partial charge on any atom is -0.304 e. The Hall–Kier alpha value is -0.950. The molecule has 0 radical (unpaired) electrons. The van der Waals surface area contributed by atoms with Gasteiger partial charge in [0.05, 0.1) is 4.90 Å². The van der Waals surface area contributed by atoms with Crippen molar-refractivity contribution >= 4 is 10.0 Å². The normalized spacial score (nSPS) is 17.8. The van der Waals surface area contributed by atoms with Crippen molar-refractivity contribution in [2.75, 3.05) is 46.3 Å². The summed E-state index contributed by atoms with van der Waals surface area (Å²) in [4.78, 5) is 5.02. The molecule has 1 N–H and O–H groups in total. The molecule has 0 bridgehead atoms. The van der Waals surface area contributed by atoms with Crippen LogP contribution in [0.5, 0.6) is 0 Å². The highest BCUT2D eigenvalue weighted by atomic mass is 32.2. The van der Waals surface area contributed by atoms with Gasteiger partial charge in [0.2, 0.25) is 10.0 Å². The monoisotopic (exact) mass is 325 g/mol. The van der Waals surface area contributed by atoms with Crippen LogP contribution < -0.4 is 4.72 Å². The van der Waals surface area contributed by atoms with Gasteiger partial charge in [-0.15, -0.1) is 0 Å². The minimum atomic E-state index is -3.44. The molecule has 0 atom stereocenters. The van der Waals surface area contributed by atoms with Gasteiger partial charge in [0.1, 0.15) is 0 Å². The summed E-state index contributed by atoms with van der Waals surface area (Å²) < 4.78 is 27.8. The highest BCUT2D eigenvalue weighted by molar-refractivity contribution is 7.89. The molecule has 0 amide bonds. The predicted octanol–water partition coefficient (Wildman–Crippen LogP) is 1.14. The summed E-state index contributed by atoms with van der Waals surface area (Å²) in [5.41, 5.74) is 2.71. The third kappa shape index (κ3) is 4.29. The highest BCUT2D eigenvalue weighted by Crippen LogP contribution is 2.21. The first-order chi connectivity index (χ1) is 10.3. The van der Waals surface area contributed by atoms with Gasteiger partial charge < -0.3 is 4.90 Å². The predicted molar refractivity (Wildman–Crippen MR) is 89.8 cm³/mol. The second kappa shape index (κ2) is 7.08. The second-order valence-corrected chi connectivity index (χ2v) is 7.97. The van der Waals surface area contributed by atoms with Crippen molar-refractivity contribution in [1.82, 2.24) is 14.5 Å². The van der Waals surface area contributed by atoms with Crippen molar-refractivity contribution in [3.63, 3.8) is 0 Å².